The molecule has 2 nitrogen and oxygen atoms in total. The smallest absolute Gasteiger partial charge is 0.340 e. The van der Waals surface area contributed by atoms with Crippen LogP contribution >= 0.6 is 11.6 Å². The summed E-state index contributed by atoms with van der Waals surface area (Å²) < 4.78 is 5.32. The van der Waals surface area contributed by atoms with E-state index in [1.165, 1.54) is 0 Å². The Balaban J connectivity index is 1.78. The van der Waals surface area contributed by atoms with Crippen molar-refractivity contribution in [3.05, 3.63) is 83.0 Å². The second-order valence-corrected chi connectivity index (χ2v) is 5.08. The van der Waals surface area contributed by atoms with Crippen LogP contribution < -0.4 is 0 Å². The minimum Gasteiger partial charge on any atom is -0.450 e. The third kappa shape index (κ3) is 2.61. The average molecular weight is 285 g/mol. The molecule has 0 saturated heterocycles. The Morgan fingerprint density at radius 1 is 1.00 bits per heavy atom. The van der Waals surface area contributed by atoms with Crippen LogP contribution in [0.25, 0.3) is 0 Å². The molecule has 20 heavy (non-hydrogen) atoms. The van der Waals surface area contributed by atoms with Crippen molar-refractivity contribution in [2.75, 3.05) is 0 Å². The molecule has 0 radical (unpaired) electrons. The zero-order chi connectivity index (χ0) is 13.9. The monoisotopic (exact) mass is 284 g/mol. The first-order valence-electron chi connectivity index (χ1n) is 6.44. The summed E-state index contributed by atoms with van der Waals surface area (Å²) in [4.78, 5) is 12.1. The van der Waals surface area contributed by atoms with Gasteiger partial charge in [-0.05, 0) is 29.8 Å². The third-order valence-electron chi connectivity index (χ3n) is 3.30. The number of carbonyl (C=O) groups excluding carboxylic acids is 1. The summed E-state index contributed by atoms with van der Waals surface area (Å²) in [6, 6.07) is 5.46. The molecule has 100 valence electrons. The Bertz CT molecular complexity index is 629. The molecule has 0 atom stereocenters. The number of hydrogen-bond acceptors (Lipinski definition) is 2. The van der Waals surface area contributed by atoms with Crippen molar-refractivity contribution >= 4 is 17.6 Å². The Morgan fingerprint density at radius 3 is 2.30 bits per heavy atom. The van der Waals surface area contributed by atoms with E-state index in [0.717, 1.165) is 5.56 Å². The van der Waals surface area contributed by atoms with Crippen molar-refractivity contribution in [3.8, 4) is 0 Å². The molecule has 0 saturated carbocycles. The highest BCUT2D eigenvalue weighted by molar-refractivity contribution is 6.33. The van der Waals surface area contributed by atoms with E-state index in [1.54, 1.807) is 6.07 Å². The van der Waals surface area contributed by atoms with Crippen molar-refractivity contribution in [1.29, 1.82) is 0 Å². The lowest BCUT2D eigenvalue weighted by molar-refractivity contribution is 0.0466. The summed E-state index contributed by atoms with van der Waals surface area (Å²) in [6.45, 7) is 0. The Kier molecular flexibility index (Phi) is 3.57. The van der Waals surface area contributed by atoms with Crippen LogP contribution in [0.5, 0.6) is 0 Å². The van der Waals surface area contributed by atoms with Crippen LogP contribution in [0.2, 0.25) is 5.02 Å². The quantitative estimate of drug-likeness (QED) is 0.778. The van der Waals surface area contributed by atoms with E-state index in [4.69, 9.17) is 16.3 Å². The van der Waals surface area contributed by atoms with Crippen LogP contribution in [0, 0.1) is 0 Å². The fraction of sp³-hybridized carbons (Fsp3) is 0.118. The van der Waals surface area contributed by atoms with Crippen molar-refractivity contribution in [1.82, 2.24) is 0 Å². The summed E-state index contributed by atoms with van der Waals surface area (Å²) in [7, 11) is 0. The van der Waals surface area contributed by atoms with E-state index >= 15 is 0 Å². The van der Waals surface area contributed by atoms with E-state index in [2.05, 4.69) is 12.2 Å². The fourth-order valence-corrected chi connectivity index (χ4v) is 2.50. The number of allylic oxidation sites excluding steroid dienone is 6. The van der Waals surface area contributed by atoms with Gasteiger partial charge in [0.2, 0.25) is 0 Å². The third-order valence-corrected chi connectivity index (χ3v) is 3.61. The van der Waals surface area contributed by atoms with Gasteiger partial charge in [-0.1, -0.05) is 54.1 Å². The lowest BCUT2D eigenvalue weighted by atomic mass is 9.99. The largest absolute Gasteiger partial charge is 0.450 e. The fourth-order valence-electron chi connectivity index (χ4n) is 2.24. The maximum Gasteiger partial charge on any atom is 0.340 e. The SMILES string of the molecule is O=C(OC1C=CC=C1)c1ccc(C2C=CC=C2)cc1Cl. The van der Waals surface area contributed by atoms with Crippen LogP contribution in [0.15, 0.2) is 66.8 Å². The molecular weight excluding hydrogens is 272 g/mol. The Hall–Kier alpha value is -2.06. The van der Waals surface area contributed by atoms with Gasteiger partial charge in [-0.2, -0.15) is 0 Å². The highest BCUT2D eigenvalue weighted by Crippen LogP contribution is 2.28. The zero-order valence-electron chi connectivity index (χ0n) is 10.7. The minimum atomic E-state index is -0.403. The molecule has 0 spiro atoms. The van der Waals surface area contributed by atoms with Gasteiger partial charge in [-0.3, -0.25) is 0 Å². The predicted molar refractivity (Wildman–Crippen MR) is 80.0 cm³/mol. The van der Waals surface area contributed by atoms with Gasteiger partial charge in [-0.15, -0.1) is 0 Å². The molecule has 3 heteroatoms. The maximum atomic E-state index is 12.1. The average Bonchev–Trinajstić information content (AvgIpc) is 3.11. The number of carbonyl (C=O) groups is 1. The van der Waals surface area contributed by atoms with Gasteiger partial charge >= 0.3 is 5.97 Å². The standard InChI is InChI=1S/C17H13ClO2/c18-16-11-13(12-5-1-2-6-12)9-10-15(16)17(19)20-14-7-3-4-8-14/h1-12,14H. The molecule has 1 aromatic rings. The lowest BCUT2D eigenvalue weighted by Gasteiger charge is -2.12. The first-order valence-corrected chi connectivity index (χ1v) is 6.82. The van der Waals surface area contributed by atoms with Gasteiger partial charge in [0.1, 0.15) is 6.10 Å². The van der Waals surface area contributed by atoms with Crippen molar-refractivity contribution < 1.29 is 9.53 Å². The second kappa shape index (κ2) is 5.51. The van der Waals surface area contributed by atoms with Crippen molar-refractivity contribution in [2.45, 2.75) is 12.0 Å². The molecule has 2 aliphatic rings. The van der Waals surface area contributed by atoms with Gasteiger partial charge < -0.3 is 4.74 Å². The zero-order valence-corrected chi connectivity index (χ0v) is 11.5. The topological polar surface area (TPSA) is 26.3 Å². The van der Waals surface area contributed by atoms with E-state index in [9.17, 15) is 4.79 Å². The summed E-state index contributed by atoms with van der Waals surface area (Å²) in [5.74, 6) is -0.168. The number of ether oxygens (including phenoxy) is 1. The summed E-state index contributed by atoms with van der Waals surface area (Å²) in [6.07, 6.45) is 15.2. The molecule has 0 bridgehead atoms. The van der Waals surface area contributed by atoms with Gasteiger partial charge in [0.05, 0.1) is 10.6 Å². The molecule has 0 N–H and O–H groups in total. The number of hydrogen-bond donors (Lipinski definition) is 0. The first-order chi connectivity index (χ1) is 9.74. The van der Waals surface area contributed by atoms with Gasteiger partial charge in [0, 0.05) is 5.92 Å². The number of rotatable bonds is 3. The van der Waals surface area contributed by atoms with Crippen LogP contribution in [0.4, 0.5) is 0 Å². The van der Waals surface area contributed by atoms with Crippen LogP contribution in [0.3, 0.4) is 0 Å². The van der Waals surface area contributed by atoms with Gasteiger partial charge in [0.25, 0.3) is 0 Å². The van der Waals surface area contributed by atoms with E-state index < -0.39 is 5.97 Å². The summed E-state index contributed by atoms with van der Waals surface area (Å²) in [5.41, 5.74) is 1.47. The molecule has 0 fully saturated rings. The molecule has 0 heterocycles. The van der Waals surface area contributed by atoms with E-state index in [-0.39, 0.29) is 12.0 Å². The molecule has 1 aromatic carbocycles. The molecular formula is C17H13ClO2. The molecule has 2 aliphatic carbocycles. The molecule has 3 rings (SSSR count). The van der Waals surface area contributed by atoms with E-state index in [1.807, 2.05) is 48.6 Å². The Labute approximate surface area is 122 Å². The summed E-state index contributed by atoms with van der Waals surface area (Å²) in [5, 5.41) is 0.423. The normalized spacial score (nSPS) is 17.2. The highest BCUT2D eigenvalue weighted by atomic mass is 35.5. The van der Waals surface area contributed by atoms with Gasteiger partial charge in [0.15, 0.2) is 0 Å². The van der Waals surface area contributed by atoms with Gasteiger partial charge in [-0.25, -0.2) is 4.79 Å². The molecule has 0 unspecified atom stereocenters. The molecule has 0 aromatic heterocycles. The lowest BCUT2D eigenvalue weighted by Crippen LogP contribution is -2.13. The maximum absolute atomic E-state index is 12.1. The van der Waals surface area contributed by atoms with E-state index in [0.29, 0.717) is 10.6 Å². The van der Waals surface area contributed by atoms with Crippen molar-refractivity contribution in [3.63, 3.8) is 0 Å². The molecule has 0 amide bonds. The number of halogens is 1. The second-order valence-electron chi connectivity index (χ2n) is 4.67. The highest BCUT2D eigenvalue weighted by Gasteiger charge is 2.17. The van der Waals surface area contributed by atoms with Crippen molar-refractivity contribution in [2.24, 2.45) is 0 Å². The van der Waals surface area contributed by atoms with Crippen LogP contribution in [-0.2, 0) is 4.74 Å². The minimum absolute atomic E-state index is 0.235. The molecule has 0 aliphatic heterocycles. The Morgan fingerprint density at radius 2 is 1.65 bits per heavy atom. The first kappa shape index (κ1) is 12.9. The van der Waals surface area contributed by atoms with Crippen LogP contribution in [0.1, 0.15) is 21.8 Å². The number of benzene rings is 1. The predicted octanol–water partition coefficient (Wildman–Crippen LogP) is 4.20. The van der Waals surface area contributed by atoms with Crippen LogP contribution in [-0.4, -0.2) is 12.1 Å². The number of esters is 1. The summed E-state index contributed by atoms with van der Waals surface area (Å²) >= 11 is 6.20.